The first-order valence-corrected chi connectivity index (χ1v) is 9.32. The minimum Gasteiger partial charge on any atom is -0.493 e. The van der Waals surface area contributed by atoms with Gasteiger partial charge < -0.3 is 4.74 Å². The topological polar surface area (TPSA) is 55.6 Å². The van der Waals surface area contributed by atoms with Gasteiger partial charge in [0.2, 0.25) is 4.96 Å². The lowest BCUT2D eigenvalue weighted by atomic mass is 10.1. The van der Waals surface area contributed by atoms with E-state index < -0.39 is 0 Å². The second-order valence-corrected chi connectivity index (χ2v) is 6.94. The van der Waals surface area contributed by atoms with Gasteiger partial charge in [0, 0.05) is 0 Å². The maximum Gasteiger partial charge on any atom is 0.235 e. The Kier molecular flexibility index (Phi) is 4.44. The van der Waals surface area contributed by atoms with Crippen LogP contribution in [0.5, 0.6) is 5.75 Å². The summed E-state index contributed by atoms with van der Waals surface area (Å²) in [6.07, 6.45) is 3.87. The molecule has 1 aliphatic heterocycles. The lowest BCUT2D eigenvalue weighted by Crippen LogP contribution is -2.30. The maximum absolute atomic E-state index is 5.73. The molecule has 0 aliphatic carbocycles. The predicted molar refractivity (Wildman–Crippen MR) is 94.4 cm³/mol. The molecule has 6 nitrogen and oxygen atoms in total. The molecule has 1 aliphatic rings. The summed E-state index contributed by atoms with van der Waals surface area (Å²) in [6, 6.07) is 8.02. The average Bonchev–Trinajstić information content (AvgIpc) is 3.19. The fraction of sp³-hybridized carbons (Fsp3) is 0.471. The van der Waals surface area contributed by atoms with Crippen molar-refractivity contribution in [3.8, 4) is 16.3 Å². The molecule has 126 valence electrons. The molecular weight excluding hydrogens is 322 g/mol. The van der Waals surface area contributed by atoms with Crippen molar-refractivity contribution in [1.29, 1.82) is 0 Å². The first kappa shape index (κ1) is 15.5. The molecule has 3 aromatic rings. The molecule has 0 bridgehead atoms. The molecule has 0 N–H and O–H groups in total. The molecule has 2 aromatic heterocycles. The SMILES string of the molecule is CCOc1ccccc1-c1nn2c(CN3CCCCC3)nnc2s1. The molecule has 4 rings (SSSR count). The highest BCUT2D eigenvalue weighted by molar-refractivity contribution is 7.19. The van der Waals surface area contributed by atoms with Crippen LogP contribution in [0.2, 0.25) is 0 Å². The largest absolute Gasteiger partial charge is 0.493 e. The monoisotopic (exact) mass is 343 g/mol. The van der Waals surface area contributed by atoms with Crippen LogP contribution in [-0.4, -0.2) is 44.4 Å². The van der Waals surface area contributed by atoms with Gasteiger partial charge in [-0.15, -0.1) is 10.2 Å². The van der Waals surface area contributed by atoms with Crippen LogP contribution in [-0.2, 0) is 6.54 Å². The second-order valence-electron chi connectivity index (χ2n) is 5.98. The highest BCUT2D eigenvalue weighted by Gasteiger charge is 2.18. The zero-order chi connectivity index (χ0) is 16.4. The van der Waals surface area contributed by atoms with Crippen molar-refractivity contribution in [2.45, 2.75) is 32.7 Å². The average molecular weight is 343 g/mol. The summed E-state index contributed by atoms with van der Waals surface area (Å²) in [4.78, 5) is 3.27. The van der Waals surface area contributed by atoms with E-state index in [4.69, 9.17) is 9.84 Å². The van der Waals surface area contributed by atoms with Gasteiger partial charge in [0.1, 0.15) is 5.75 Å². The highest BCUT2D eigenvalue weighted by atomic mass is 32.1. The van der Waals surface area contributed by atoms with Crippen molar-refractivity contribution in [2.24, 2.45) is 0 Å². The van der Waals surface area contributed by atoms with Gasteiger partial charge in [0.05, 0.1) is 18.7 Å². The Hall–Kier alpha value is -1.99. The lowest BCUT2D eigenvalue weighted by Gasteiger charge is -2.25. The number of piperidine rings is 1. The molecule has 0 atom stereocenters. The number of rotatable bonds is 5. The van der Waals surface area contributed by atoms with Gasteiger partial charge >= 0.3 is 0 Å². The smallest absolute Gasteiger partial charge is 0.235 e. The number of para-hydroxylation sites is 1. The highest BCUT2D eigenvalue weighted by Crippen LogP contribution is 2.33. The Labute approximate surface area is 145 Å². The van der Waals surface area contributed by atoms with Crippen LogP contribution in [0.3, 0.4) is 0 Å². The van der Waals surface area contributed by atoms with E-state index in [0.717, 1.165) is 46.7 Å². The number of aromatic nitrogens is 4. The van der Waals surface area contributed by atoms with Gasteiger partial charge in [-0.25, -0.2) is 0 Å². The minimum absolute atomic E-state index is 0.640. The molecule has 24 heavy (non-hydrogen) atoms. The van der Waals surface area contributed by atoms with Crippen molar-refractivity contribution in [2.75, 3.05) is 19.7 Å². The van der Waals surface area contributed by atoms with Gasteiger partial charge in [0.15, 0.2) is 10.8 Å². The normalized spacial score (nSPS) is 15.9. The summed E-state index contributed by atoms with van der Waals surface area (Å²) in [5.41, 5.74) is 1.01. The quantitative estimate of drug-likeness (QED) is 0.712. The summed E-state index contributed by atoms with van der Waals surface area (Å²) in [6.45, 7) is 5.73. The van der Waals surface area contributed by atoms with E-state index in [9.17, 15) is 0 Å². The van der Waals surface area contributed by atoms with Gasteiger partial charge in [-0.2, -0.15) is 9.61 Å². The molecule has 0 amide bonds. The fourth-order valence-electron chi connectivity index (χ4n) is 3.11. The standard InChI is InChI=1S/C17H21N5OS/c1-2-23-14-9-5-4-8-13(14)16-20-22-15(18-19-17(22)24-16)12-21-10-6-3-7-11-21/h4-5,8-9H,2-3,6-7,10-12H2,1H3. The summed E-state index contributed by atoms with van der Waals surface area (Å²) in [5.74, 6) is 1.78. The van der Waals surface area contributed by atoms with E-state index in [1.54, 1.807) is 11.3 Å². The molecule has 1 fully saturated rings. The zero-order valence-electron chi connectivity index (χ0n) is 13.8. The Morgan fingerprint density at radius 3 is 2.79 bits per heavy atom. The van der Waals surface area contributed by atoms with Crippen LogP contribution >= 0.6 is 11.3 Å². The van der Waals surface area contributed by atoms with Gasteiger partial charge in [-0.3, -0.25) is 4.90 Å². The molecule has 0 unspecified atom stereocenters. The number of ether oxygens (including phenoxy) is 1. The van der Waals surface area contributed by atoms with E-state index in [-0.39, 0.29) is 0 Å². The van der Waals surface area contributed by atoms with Crippen LogP contribution in [0.1, 0.15) is 32.0 Å². The van der Waals surface area contributed by atoms with Crippen molar-refractivity contribution < 1.29 is 4.74 Å². The Bertz CT molecular complexity index is 821. The number of likely N-dealkylation sites (tertiary alicyclic amines) is 1. The number of fused-ring (bicyclic) bond motifs is 1. The Morgan fingerprint density at radius 2 is 1.96 bits per heavy atom. The summed E-state index contributed by atoms with van der Waals surface area (Å²) >= 11 is 1.55. The van der Waals surface area contributed by atoms with E-state index in [0.29, 0.717) is 6.61 Å². The van der Waals surface area contributed by atoms with Crippen LogP contribution in [0, 0.1) is 0 Å². The van der Waals surface area contributed by atoms with Crippen LogP contribution in [0.25, 0.3) is 15.5 Å². The Balaban J connectivity index is 1.64. The van der Waals surface area contributed by atoms with E-state index >= 15 is 0 Å². The summed E-state index contributed by atoms with van der Waals surface area (Å²) < 4.78 is 7.62. The molecule has 1 saturated heterocycles. The number of hydrogen-bond acceptors (Lipinski definition) is 6. The molecule has 0 spiro atoms. The maximum atomic E-state index is 5.73. The molecular formula is C17H21N5OS. The van der Waals surface area contributed by atoms with Gasteiger partial charge in [-0.1, -0.05) is 29.9 Å². The van der Waals surface area contributed by atoms with Crippen LogP contribution in [0.15, 0.2) is 24.3 Å². The Morgan fingerprint density at radius 1 is 1.12 bits per heavy atom. The van der Waals surface area contributed by atoms with Gasteiger partial charge in [0.25, 0.3) is 0 Å². The second kappa shape index (κ2) is 6.86. The number of benzene rings is 1. The van der Waals surface area contributed by atoms with E-state index in [1.807, 2.05) is 35.7 Å². The third kappa shape index (κ3) is 3.01. The minimum atomic E-state index is 0.640. The van der Waals surface area contributed by atoms with Crippen molar-refractivity contribution in [3.05, 3.63) is 30.1 Å². The molecule has 0 radical (unpaired) electrons. The first-order valence-electron chi connectivity index (χ1n) is 8.51. The van der Waals surface area contributed by atoms with Crippen LogP contribution < -0.4 is 4.74 Å². The van der Waals surface area contributed by atoms with Crippen LogP contribution in [0.4, 0.5) is 0 Å². The predicted octanol–water partition coefficient (Wildman–Crippen LogP) is 3.24. The summed E-state index contributed by atoms with van der Waals surface area (Å²) in [7, 11) is 0. The third-order valence-corrected chi connectivity index (χ3v) is 5.22. The molecule has 3 heterocycles. The molecule has 0 saturated carbocycles. The fourth-order valence-corrected chi connectivity index (χ4v) is 4.00. The van der Waals surface area contributed by atoms with Crippen molar-refractivity contribution >= 4 is 16.3 Å². The molecule has 7 heteroatoms. The molecule has 1 aromatic carbocycles. The third-order valence-electron chi connectivity index (χ3n) is 4.29. The van der Waals surface area contributed by atoms with Crippen molar-refractivity contribution in [3.63, 3.8) is 0 Å². The lowest BCUT2D eigenvalue weighted by molar-refractivity contribution is 0.214. The first-order chi connectivity index (χ1) is 11.8. The van der Waals surface area contributed by atoms with Gasteiger partial charge in [-0.05, 0) is 45.0 Å². The van der Waals surface area contributed by atoms with E-state index in [2.05, 4.69) is 15.1 Å². The summed E-state index contributed by atoms with van der Waals surface area (Å²) in [5, 5.41) is 14.3. The number of hydrogen-bond donors (Lipinski definition) is 0. The number of nitrogens with zero attached hydrogens (tertiary/aromatic N) is 5. The van der Waals surface area contributed by atoms with Crippen molar-refractivity contribution in [1.82, 2.24) is 24.7 Å². The zero-order valence-corrected chi connectivity index (χ0v) is 14.6. The van der Waals surface area contributed by atoms with E-state index in [1.165, 1.54) is 19.3 Å².